The Morgan fingerprint density at radius 3 is 2.60 bits per heavy atom. The molecule has 0 aromatic heterocycles. The van der Waals surface area contributed by atoms with E-state index in [9.17, 15) is 5.11 Å². The molecule has 1 saturated heterocycles. The van der Waals surface area contributed by atoms with E-state index in [0.29, 0.717) is 18.3 Å². The van der Waals surface area contributed by atoms with Crippen LogP contribution >= 0.6 is 0 Å². The van der Waals surface area contributed by atoms with Gasteiger partial charge < -0.3 is 15.7 Å². The number of aryl methyl sites for hydroxylation is 1. The van der Waals surface area contributed by atoms with Gasteiger partial charge in [-0.15, -0.1) is 0 Å². The molecule has 3 N–H and O–H groups in total. The molecule has 160 valence electrons. The van der Waals surface area contributed by atoms with Gasteiger partial charge in [0.05, 0.1) is 0 Å². The van der Waals surface area contributed by atoms with Gasteiger partial charge >= 0.3 is 0 Å². The first-order valence-electron chi connectivity index (χ1n) is 11.3. The van der Waals surface area contributed by atoms with Gasteiger partial charge in [0.1, 0.15) is 5.75 Å². The standard InChI is InChI=1S/C25H34N4O/c1-26-25(27-17-23-22-10-6-5-9-20(22)11-12-24(23)30)28-21-13-15-29(16-14-21)18-19-7-3-2-4-8-19/h2-4,7-8,11-12,21,30H,5-6,9-10,13-18H2,1H3,(H2,26,27,28). The lowest BCUT2D eigenvalue weighted by molar-refractivity contribution is 0.198. The second kappa shape index (κ2) is 9.98. The van der Waals surface area contributed by atoms with Crippen LogP contribution in [0.5, 0.6) is 5.75 Å². The third kappa shape index (κ3) is 5.14. The van der Waals surface area contributed by atoms with E-state index in [-0.39, 0.29) is 0 Å². The Bertz CT molecular complexity index is 857. The normalized spacial score (nSPS) is 18.1. The summed E-state index contributed by atoms with van der Waals surface area (Å²) in [4.78, 5) is 6.95. The van der Waals surface area contributed by atoms with Crippen LogP contribution in [0.3, 0.4) is 0 Å². The molecule has 0 unspecified atom stereocenters. The number of hydrogen-bond acceptors (Lipinski definition) is 3. The highest BCUT2D eigenvalue weighted by molar-refractivity contribution is 5.80. The van der Waals surface area contributed by atoms with Crippen LogP contribution in [-0.4, -0.2) is 42.1 Å². The molecule has 1 heterocycles. The Kier molecular flexibility index (Phi) is 6.90. The number of hydrogen-bond donors (Lipinski definition) is 3. The summed E-state index contributed by atoms with van der Waals surface area (Å²) in [5, 5.41) is 17.4. The van der Waals surface area contributed by atoms with Crippen molar-refractivity contribution in [2.24, 2.45) is 4.99 Å². The van der Waals surface area contributed by atoms with Gasteiger partial charge in [-0.05, 0) is 61.3 Å². The van der Waals surface area contributed by atoms with Crippen LogP contribution in [0.25, 0.3) is 0 Å². The average molecular weight is 407 g/mol. The van der Waals surface area contributed by atoms with E-state index >= 15 is 0 Å². The van der Waals surface area contributed by atoms with Crippen molar-refractivity contribution in [1.29, 1.82) is 0 Å². The summed E-state index contributed by atoms with van der Waals surface area (Å²) in [6.45, 7) is 3.83. The lowest BCUT2D eigenvalue weighted by Gasteiger charge is -2.33. The predicted octanol–water partition coefficient (Wildman–Crippen LogP) is 3.60. The molecule has 0 bridgehead atoms. The number of aromatic hydroxyl groups is 1. The highest BCUT2D eigenvalue weighted by Crippen LogP contribution is 2.30. The quantitative estimate of drug-likeness (QED) is 0.525. The van der Waals surface area contributed by atoms with Crippen LogP contribution in [0.2, 0.25) is 0 Å². The van der Waals surface area contributed by atoms with Crippen molar-refractivity contribution in [3.63, 3.8) is 0 Å². The van der Waals surface area contributed by atoms with Crippen LogP contribution in [0, 0.1) is 0 Å². The second-order valence-corrected chi connectivity index (χ2v) is 8.51. The fourth-order valence-corrected chi connectivity index (χ4v) is 4.73. The third-order valence-corrected chi connectivity index (χ3v) is 6.46. The molecule has 5 heteroatoms. The summed E-state index contributed by atoms with van der Waals surface area (Å²) in [6, 6.07) is 15.1. The molecule has 1 fully saturated rings. The fraction of sp³-hybridized carbons (Fsp3) is 0.480. The van der Waals surface area contributed by atoms with Gasteiger partial charge in [-0.1, -0.05) is 36.4 Å². The molecule has 0 amide bonds. The topological polar surface area (TPSA) is 59.9 Å². The minimum absolute atomic E-state index is 0.396. The van der Waals surface area contributed by atoms with E-state index in [2.05, 4.69) is 56.9 Å². The molecule has 0 saturated carbocycles. The first kappa shape index (κ1) is 20.7. The molecule has 5 nitrogen and oxygen atoms in total. The lowest BCUT2D eigenvalue weighted by atomic mass is 9.88. The van der Waals surface area contributed by atoms with Gasteiger partial charge in [0.15, 0.2) is 5.96 Å². The van der Waals surface area contributed by atoms with Gasteiger partial charge in [-0.3, -0.25) is 9.89 Å². The van der Waals surface area contributed by atoms with Gasteiger partial charge in [0.25, 0.3) is 0 Å². The number of nitrogens with one attached hydrogen (secondary N) is 2. The SMILES string of the molecule is CN=C(NCc1c(O)ccc2c1CCCC2)NC1CCN(Cc2ccccc2)CC1. The molecular formula is C25H34N4O. The molecule has 0 radical (unpaired) electrons. The summed E-state index contributed by atoms with van der Waals surface area (Å²) >= 11 is 0. The third-order valence-electron chi connectivity index (χ3n) is 6.46. The molecule has 2 aromatic rings. The van der Waals surface area contributed by atoms with Crippen molar-refractivity contribution in [3.05, 3.63) is 64.7 Å². The summed E-state index contributed by atoms with van der Waals surface area (Å²) in [7, 11) is 1.82. The number of guanidine groups is 1. The van der Waals surface area contributed by atoms with E-state index in [1.165, 1.54) is 29.5 Å². The smallest absolute Gasteiger partial charge is 0.191 e. The summed E-state index contributed by atoms with van der Waals surface area (Å²) in [5.74, 6) is 1.22. The number of fused-ring (bicyclic) bond motifs is 1. The van der Waals surface area contributed by atoms with Gasteiger partial charge in [0, 0.05) is 44.8 Å². The van der Waals surface area contributed by atoms with E-state index in [1.54, 1.807) is 0 Å². The summed E-state index contributed by atoms with van der Waals surface area (Å²) < 4.78 is 0. The molecule has 2 aromatic carbocycles. The number of nitrogens with zero attached hydrogens (tertiary/aromatic N) is 2. The molecule has 2 aliphatic rings. The second-order valence-electron chi connectivity index (χ2n) is 8.51. The molecular weight excluding hydrogens is 372 g/mol. The zero-order chi connectivity index (χ0) is 20.8. The van der Waals surface area contributed by atoms with Crippen molar-refractivity contribution in [1.82, 2.24) is 15.5 Å². The summed E-state index contributed by atoms with van der Waals surface area (Å²) in [5.41, 5.74) is 5.14. The Hall–Kier alpha value is -2.53. The molecule has 30 heavy (non-hydrogen) atoms. The van der Waals surface area contributed by atoms with Gasteiger partial charge in [0.2, 0.25) is 0 Å². The van der Waals surface area contributed by atoms with Crippen LogP contribution in [0.1, 0.15) is 47.9 Å². The highest BCUT2D eigenvalue weighted by Gasteiger charge is 2.21. The Balaban J connectivity index is 1.28. The Morgan fingerprint density at radius 1 is 1.07 bits per heavy atom. The fourth-order valence-electron chi connectivity index (χ4n) is 4.73. The maximum absolute atomic E-state index is 10.4. The number of rotatable bonds is 5. The number of phenols is 1. The van der Waals surface area contributed by atoms with Crippen molar-refractivity contribution in [2.75, 3.05) is 20.1 Å². The highest BCUT2D eigenvalue weighted by atomic mass is 16.3. The number of piperidine rings is 1. The first-order valence-corrected chi connectivity index (χ1v) is 11.3. The molecule has 4 rings (SSSR count). The zero-order valence-corrected chi connectivity index (χ0v) is 18.0. The van der Waals surface area contributed by atoms with Crippen molar-refractivity contribution in [3.8, 4) is 5.75 Å². The number of benzene rings is 2. The van der Waals surface area contributed by atoms with E-state index in [4.69, 9.17) is 0 Å². The van der Waals surface area contributed by atoms with Crippen LogP contribution in [0.15, 0.2) is 47.5 Å². The minimum Gasteiger partial charge on any atom is -0.508 e. The summed E-state index contributed by atoms with van der Waals surface area (Å²) in [6.07, 6.45) is 6.86. The van der Waals surface area contributed by atoms with Crippen LogP contribution in [0.4, 0.5) is 0 Å². The lowest BCUT2D eigenvalue weighted by Crippen LogP contribution is -2.48. The van der Waals surface area contributed by atoms with Crippen molar-refractivity contribution in [2.45, 2.75) is 57.7 Å². The largest absolute Gasteiger partial charge is 0.508 e. The number of likely N-dealkylation sites (tertiary alicyclic amines) is 1. The first-order chi connectivity index (χ1) is 14.7. The average Bonchev–Trinajstić information content (AvgIpc) is 2.79. The molecule has 1 aliphatic carbocycles. The molecule has 0 spiro atoms. The minimum atomic E-state index is 0.396. The van der Waals surface area contributed by atoms with E-state index in [1.807, 2.05) is 13.1 Å². The van der Waals surface area contributed by atoms with Gasteiger partial charge in [-0.25, -0.2) is 0 Å². The monoisotopic (exact) mass is 406 g/mol. The zero-order valence-electron chi connectivity index (χ0n) is 18.0. The Labute approximate surface area is 180 Å². The van der Waals surface area contributed by atoms with Crippen LogP contribution in [-0.2, 0) is 25.9 Å². The number of phenolic OH excluding ortho intramolecular Hbond substituents is 1. The van der Waals surface area contributed by atoms with Crippen molar-refractivity contribution < 1.29 is 5.11 Å². The maximum Gasteiger partial charge on any atom is 0.191 e. The Morgan fingerprint density at radius 2 is 1.83 bits per heavy atom. The van der Waals surface area contributed by atoms with E-state index in [0.717, 1.165) is 56.8 Å². The van der Waals surface area contributed by atoms with Gasteiger partial charge in [-0.2, -0.15) is 0 Å². The predicted molar refractivity (Wildman–Crippen MR) is 123 cm³/mol. The van der Waals surface area contributed by atoms with Crippen LogP contribution < -0.4 is 10.6 Å². The molecule has 0 atom stereocenters. The number of aliphatic imine (C=N–C) groups is 1. The maximum atomic E-state index is 10.4. The van der Waals surface area contributed by atoms with Crippen molar-refractivity contribution >= 4 is 5.96 Å². The molecule has 1 aliphatic heterocycles. The van der Waals surface area contributed by atoms with E-state index < -0.39 is 0 Å².